The maximum Gasteiger partial charge on any atom is 0.0991 e. The highest BCUT2D eigenvalue weighted by atomic mass is 15.1. The van der Waals surface area contributed by atoms with E-state index in [-0.39, 0.29) is 0 Å². The van der Waals surface area contributed by atoms with Gasteiger partial charge in [0.1, 0.15) is 0 Å². The molecule has 0 bridgehead atoms. The van der Waals surface area contributed by atoms with Crippen molar-refractivity contribution >= 4 is 16.7 Å². The standard InChI is InChI=1S/C23H17N5/c24-12-17-1-5-19(6-2-17)14-28(15-20-7-3-18(13-25)4-8-20)21-9-10-22-23(11-21)27-16-26-22/h1-11,16H,14-15H2,(H,26,27). The summed E-state index contributed by atoms with van der Waals surface area (Å²) in [7, 11) is 0. The van der Waals surface area contributed by atoms with Gasteiger partial charge in [-0.15, -0.1) is 0 Å². The van der Waals surface area contributed by atoms with Crippen molar-refractivity contribution in [1.29, 1.82) is 10.5 Å². The molecule has 0 saturated carbocycles. The second kappa shape index (κ2) is 7.65. The Balaban J connectivity index is 1.66. The number of anilines is 1. The van der Waals surface area contributed by atoms with Crippen LogP contribution in [0.5, 0.6) is 0 Å². The average molecular weight is 363 g/mol. The number of nitrogens with one attached hydrogen (secondary N) is 1. The summed E-state index contributed by atoms with van der Waals surface area (Å²) in [6.07, 6.45) is 1.69. The van der Waals surface area contributed by atoms with Crippen LogP contribution in [0.2, 0.25) is 0 Å². The van der Waals surface area contributed by atoms with Crippen molar-refractivity contribution in [3.8, 4) is 12.1 Å². The molecule has 1 aromatic heterocycles. The molecule has 0 radical (unpaired) electrons. The molecule has 0 amide bonds. The fourth-order valence-electron chi connectivity index (χ4n) is 3.17. The van der Waals surface area contributed by atoms with Gasteiger partial charge < -0.3 is 9.88 Å². The lowest BCUT2D eigenvalue weighted by Crippen LogP contribution is -2.22. The van der Waals surface area contributed by atoms with Crippen LogP contribution < -0.4 is 4.90 Å². The Morgan fingerprint density at radius 3 is 1.89 bits per heavy atom. The number of fused-ring (bicyclic) bond motifs is 1. The summed E-state index contributed by atoms with van der Waals surface area (Å²) >= 11 is 0. The molecule has 0 aliphatic rings. The van der Waals surface area contributed by atoms with E-state index in [0.29, 0.717) is 24.2 Å². The van der Waals surface area contributed by atoms with E-state index in [1.807, 2.05) is 54.6 Å². The van der Waals surface area contributed by atoms with Gasteiger partial charge in [-0.1, -0.05) is 24.3 Å². The average Bonchev–Trinajstić information content (AvgIpc) is 3.22. The molecule has 1 N–H and O–H groups in total. The molecular weight excluding hydrogens is 346 g/mol. The summed E-state index contributed by atoms with van der Waals surface area (Å²) in [5, 5.41) is 18.0. The molecule has 5 heteroatoms. The minimum Gasteiger partial charge on any atom is -0.363 e. The summed E-state index contributed by atoms with van der Waals surface area (Å²) in [4.78, 5) is 9.75. The third-order valence-electron chi connectivity index (χ3n) is 4.68. The molecule has 1 heterocycles. The Morgan fingerprint density at radius 2 is 1.36 bits per heavy atom. The van der Waals surface area contributed by atoms with Crippen LogP contribution in [0, 0.1) is 22.7 Å². The van der Waals surface area contributed by atoms with Crippen molar-refractivity contribution in [1.82, 2.24) is 9.97 Å². The molecule has 0 aliphatic heterocycles. The van der Waals surface area contributed by atoms with E-state index in [4.69, 9.17) is 10.5 Å². The van der Waals surface area contributed by atoms with E-state index in [9.17, 15) is 0 Å². The molecule has 134 valence electrons. The molecule has 0 spiro atoms. The molecule has 3 aromatic carbocycles. The zero-order valence-corrected chi connectivity index (χ0v) is 15.1. The Labute approximate surface area is 163 Å². The van der Waals surface area contributed by atoms with Gasteiger partial charge in [0, 0.05) is 18.8 Å². The summed E-state index contributed by atoms with van der Waals surface area (Å²) in [6.45, 7) is 1.39. The van der Waals surface area contributed by atoms with E-state index in [2.05, 4.69) is 39.1 Å². The minimum atomic E-state index is 0.653. The Kier molecular flexibility index (Phi) is 4.74. The number of aromatic nitrogens is 2. The highest BCUT2D eigenvalue weighted by Crippen LogP contribution is 2.24. The van der Waals surface area contributed by atoms with Crippen molar-refractivity contribution in [2.24, 2.45) is 0 Å². The number of H-pyrrole nitrogens is 1. The topological polar surface area (TPSA) is 79.5 Å². The van der Waals surface area contributed by atoms with Crippen LogP contribution in [0.25, 0.3) is 11.0 Å². The third-order valence-corrected chi connectivity index (χ3v) is 4.68. The first-order valence-corrected chi connectivity index (χ1v) is 8.91. The number of hydrogen-bond acceptors (Lipinski definition) is 4. The molecule has 28 heavy (non-hydrogen) atoms. The lowest BCUT2D eigenvalue weighted by Gasteiger charge is -2.25. The second-order valence-corrected chi connectivity index (χ2v) is 6.58. The van der Waals surface area contributed by atoms with E-state index in [1.54, 1.807) is 6.33 Å². The Bertz CT molecular complexity index is 1120. The van der Waals surface area contributed by atoms with Crippen molar-refractivity contribution in [3.63, 3.8) is 0 Å². The molecule has 0 unspecified atom stereocenters. The first kappa shape index (κ1) is 17.3. The van der Waals surface area contributed by atoms with Crippen molar-refractivity contribution in [3.05, 3.63) is 95.3 Å². The number of nitrogens with zero attached hydrogens (tertiary/aromatic N) is 4. The number of imidazole rings is 1. The highest BCUT2D eigenvalue weighted by molar-refractivity contribution is 5.79. The second-order valence-electron chi connectivity index (χ2n) is 6.58. The third kappa shape index (κ3) is 3.70. The van der Waals surface area contributed by atoms with Crippen LogP contribution in [0.3, 0.4) is 0 Å². The fraction of sp³-hybridized carbons (Fsp3) is 0.0870. The lowest BCUT2D eigenvalue weighted by molar-refractivity contribution is 0.800. The summed E-state index contributed by atoms with van der Waals surface area (Å²) in [5.74, 6) is 0. The van der Waals surface area contributed by atoms with Crippen LogP contribution in [0.4, 0.5) is 5.69 Å². The molecule has 0 saturated heterocycles. The van der Waals surface area contributed by atoms with Crippen molar-refractivity contribution in [2.45, 2.75) is 13.1 Å². The molecule has 0 atom stereocenters. The van der Waals surface area contributed by atoms with Gasteiger partial charge in [0.2, 0.25) is 0 Å². The van der Waals surface area contributed by atoms with Crippen LogP contribution in [0.1, 0.15) is 22.3 Å². The molecular formula is C23H17N5. The van der Waals surface area contributed by atoms with Crippen LogP contribution >= 0.6 is 0 Å². The van der Waals surface area contributed by atoms with Gasteiger partial charge in [0.05, 0.1) is 40.6 Å². The first-order valence-electron chi connectivity index (χ1n) is 8.91. The van der Waals surface area contributed by atoms with E-state index >= 15 is 0 Å². The quantitative estimate of drug-likeness (QED) is 0.566. The van der Waals surface area contributed by atoms with Gasteiger partial charge >= 0.3 is 0 Å². The molecule has 0 aliphatic carbocycles. The number of rotatable bonds is 5. The molecule has 4 aromatic rings. The summed E-state index contributed by atoms with van der Waals surface area (Å²) in [5.41, 5.74) is 6.53. The largest absolute Gasteiger partial charge is 0.363 e. The lowest BCUT2D eigenvalue weighted by atomic mass is 10.1. The van der Waals surface area contributed by atoms with Gasteiger partial charge in [0.25, 0.3) is 0 Å². The predicted molar refractivity (Wildman–Crippen MR) is 108 cm³/mol. The van der Waals surface area contributed by atoms with Crippen LogP contribution in [-0.2, 0) is 13.1 Å². The summed E-state index contributed by atoms with van der Waals surface area (Å²) < 4.78 is 0. The number of benzene rings is 3. The van der Waals surface area contributed by atoms with Crippen molar-refractivity contribution < 1.29 is 0 Å². The first-order chi connectivity index (χ1) is 13.7. The van der Waals surface area contributed by atoms with E-state index in [1.165, 1.54) is 0 Å². The van der Waals surface area contributed by atoms with Gasteiger partial charge in [0.15, 0.2) is 0 Å². The van der Waals surface area contributed by atoms with Gasteiger partial charge in [-0.3, -0.25) is 0 Å². The molecule has 5 nitrogen and oxygen atoms in total. The monoisotopic (exact) mass is 363 g/mol. The SMILES string of the molecule is N#Cc1ccc(CN(Cc2ccc(C#N)cc2)c2ccc3[nH]cnc3c2)cc1. The number of hydrogen-bond donors (Lipinski definition) is 1. The fourth-order valence-corrected chi connectivity index (χ4v) is 3.17. The summed E-state index contributed by atoms with van der Waals surface area (Å²) in [6, 6.07) is 25.8. The number of aromatic amines is 1. The van der Waals surface area contributed by atoms with Gasteiger partial charge in [-0.25, -0.2) is 4.98 Å². The maximum absolute atomic E-state index is 9.01. The highest BCUT2D eigenvalue weighted by Gasteiger charge is 2.11. The maximum atomic E-state index is 9.01. The molecule has 4 rings (SSSR count). The Morgan fingerprint density at radius 1 is 0.786 bits per heavy atom. The van der Waals surface area contributed by atoms with E-state index in [0.717, 1.165) is 27.8 Å². The normalized spacial score (nSPS) is 10.4. The minimum absolute atomic E-state index is 0.653. The van der Waals surface area contributed by atoms with Crippen LogP contribution in [-0.4, -0.2) is 9.97 Å². The van der Waals surface area contributed by atoms with E-state index < -0.39 is 0 Å². The Hall–Kier alpha value is -4.09. The smallest absolute Gasteiger partial charge is 0.0991 e. The molecule has 0 fully saturated rings. The van der Waals surface area contributed by atoms with Gasteiger partial charge in [-0.2, -0.15) is 10.5 Å². The predicted octanol–water partition coefficient (Wildman–Crippen LogP) is 4.51. The zero-order valence-electron chi connectivity index (χ0n) is 15.1. The van der Waals surface area contributed by atoms with Crippen LogP contribution in [0.15, 0.2) is 73.1 Å². The van der Waals surface area contributed by atoms with Crippen molar-refractivity contribution in [2.75, 3.05) is 4.90 Å². The zero-order chi connectivity index (χ0) is 19.3. The van der Waals surface area contributed by atoms with Gasteiger partial charge in [-0.05, 0) is 53.6 Å². The number of nitriles is 2.